The number of benzene rings is 1. The highest BCUT2D eigenvalue weighted by Crippen LogP contribution is 2.28. The van der Waals surface area contributed by atoms with Crippen LogP contribution < -0.4 is 10.2 Å². The van der Waals surface area contributed by atoms with Crippen LogP contribution in [0, 0.1) is 10.1 Å². The molecular weight excluding hydrogens is 256 g/mol. The van der Waals surface area contributed by atoms with Crippen LogP contribution >= 0.6 is 0 Å². The number of likely N-dealkylation sites (tertiary alicyclic amines) is 1. The molecule has 1 aromatic carbocycles. The lowest BCUT2D eigenvalue weighted by Crippen LogP contribution is -2.45. The molecule has 1 saturated heterocycles. The molecule has 1 fully saturated rings. The van der Waals surface area contributed by atoms with E-state index in [-0.39, 0.29) is 10.6 Å². The number of likely N-dealkylation sites (N-methyl/N-ethyl adjacent to an activating group) is 2. The fraction of sp³-hybridized carbons (Fsp3) is 0.571. The molecular formula is C14H22N4O2. The first-order valence-electron chi connectivity index (χ1n) is 6.90. The maximum absolute atomic E-state index is 11.0. The van der Waals surface area contributed by atoms with Crippen molar-refractivity contribution in [1.29, 1.82) is 0 Å². The number of rotatable bonds is 4. The molecule has 110 valence electrons. The number of nitrogens with zero attached hydrogens (tertiary/aromatic N) is 3. The van der Waals surface area contributed by atoms with Crippen LogP contribution in [0.5, 0.6) is 0 Å². The van der Waals surface area contributed by atoms with Crippen LogP contribution in [0.15, 0.2) is 18.2 Å². The maximum Gasteiger partial charge on any atom is 0.273 e. The fourth-order valence-electron chi connectivity index (χ4n) is 2.71. The van der Waals surface area contributed by atoms with E-state index in [1.807, 2.05) is 13.1 Å². The van der Waals surface area contributed by atoms with Gasteiger partial charge in [-0.05, 0) is 32.5 Å². The van der Waals surface area contributed by atoms with Crippen LogP contribution in [-0.2, 0) is 0 Å². The Balaban J connectivity index is 2.26. The van der Waals surface area contributed by atoms with Gasteiger partial charge in [-0.25, -0.2) is 0 Å². The highest BCUT2D eigenvalue weighted by atomic mass is 16.6. The zero-order valence-corrected chi connectivity index (χ0v) is 12.3. The van der Waals surface area contributed by atoms with Crippen molar-refractivity contribution in [2.45, 2.75) is 18.9 Å². The number of nitrogens with one attached hydrogen (secondary N) is 1. The first-order valence-corrected chi connectivity index (χ1v) is 6.90. The molecule has 1 N–H and O–H groups in total. The van der Waals surface area contributed by atoms with E-state index in [1.54, 1.807) is 19.2 Å². The molecule has 20 heavy (non-hydrogen) atoms. The highest BCUT2D eigenvalue weighted by molar-refractivity contribution is 5.64. The molecule has 1 atom stereocenters. The van der Waals surface area contributed by atoms with E-state index >= 15 is 0 Å². The van der Waals surface area contributed by atoms with Crippen LogP contribution in [0.25, 0.3) is 0 Å². The van der Waals surface area contributed by atoms with Crippen molar-refractivity contribution in [3.05, 3.63) is 28.3 Å². The van der Waals surface area contributed by atoms with Gasteiger partial charge in [-0.1, -0.05) is 0 Å². The Kier molecular flexibility index (Phi) is 4.44. The molecule has 0 bridgehead atoms. The lowest BCUT2D eigenvalue weighted by atomic mass is 10.0. The quantitative estimate of drug-likeness (QED) is 0.675. The number of hydrogen-bond donors (Lipinski definition) is 1. The number of nitro benzene ring substituents is 1. The third-order valence-corrected chi connectivity index (χ3v) is 3.96. The molecule has 0 amide bonds. The van der Waals surface area contributed by atoms with Crippen molar-refractivity contribution < 1.29 is 4.92 Å². The minimum atomic E-state index is -0.342. The van der Waals surface area contributed by atoms with Gasteiger partial charge in [0.2, 0.25) is 0 Å². The SMILES string of the molecule is CNc1cc(N(C)C2CCCN(C)C2)cc([N+](=O)[O-])c1. The molecule has 1 unspecified atom stereocenters. The summed E-state index contributed by atoms with van der Waals surface area (Å²) in [5.74, 6) is 0. The van der Waals surface area contributed by atoms with Gasteiger partial charge in [0, 0.05) is 50.2 Å². The van der Waals surface area contributed by atoms with Gasteiger partial charge in [-0.15, -0.1) is 0 Å². The second-order valence-electron chi connectivity index (χ2n) is 5.41. The van der Waals surface area contributed by atoms with E-state index in [9.17, 15) is 10.1 Å². The molecule has 0 radical (unpaired) electrons. The predicted octanol–water partition coefficient (Wildman–Crippen LogP) is 2.17. The first-order chi connectivity index (χ1) is 9.51. The second kappa shape index (κ2) is 6.09. The van der Waals surface area contributed by atoms with E-state index in [2.05, 4.69) is 22.2 Å². The summed E-state index contributed by atoms with van der Waals surface area (Å²) in [6.07, 6.45) is 2.29. The zero-order valence-electron chi connectivity index (χ0n) is 12.3. The average Bonchev–Trinajstić information content (AvgIpc) is 2.45. The fourth-order valence-corrected chi connectivity index (χ4v) is 2.71. The van der Waals surface area contributed by atoms with Crippen molar-refractivity contribution in [3.8, 4) is 0 Å². The van der Waals surface area contributed by atoms with Crippen molar-refractivity contribution in [1.82, 2.24) is 4.90 Å². The van der Waals surface area contributed by atoms with Crippen LogP contribution in [0.2, 0.25) is 0 Å². The van der Waals surface area contributed by atoms with Gasteiger partial charge in [0.15, 0.2) is 0 Å². The topological polar surface area (TPSA) is 61.6 Å². The summed E-state index contributed by atoms with van der Waals surface area (Å²) in [5, 5.41) is 14.0. The lowest BCUT2D eigenvalue weighted by molar-refractivity contribution is -0.384. The Bertz CT molecular complexity index is 492. The van der Waals surface area contributed by atoms with E-state index in [1.165, 1.54) is 6.42 Å². The van der Waals surface area contributed by atoms with E-state index in [0.717, 1.165) is 30.9 Å². The molecule has 1 aromatic rings. The van der Waals surface area contributed by atoms with Crippen LogP contribution in [-0.4, -0.2) is 50.1 Å². The minimum absolute atomic E-state index is 0.128. The predicted molar refractivity (Wildman–Crippen MR) is 81.6 cm³/mol. The number of nitro groups is 1. The summed E-state index contributed by atoms with van der Waals surface area (Å²) in [6, 6.07) is 5.57. The molecule has 1 aliphatic rings. The first kappa shape index (κ1) is 14.6. The number of non-ortho nitro benzene ring substituents is 1. The Morgan fingerprint density at radius 1 is 1.45 bits per heavy atom. The standard InChI is InChI=1S/C14H22N4O2/c1-15-11-7-13(9-14(8-11)18(19)20)17(3)12-5-4-6-16(2)10-12/h7-9,12,15H,4-6,10H2,1-3H3. The van der Waals surface area contributed by atoms with Crippen molar-refractivity contribution >= 4 is 17.1 Å². The Hall–Kier alpha value is -1.82. The van der Waals surface area contributed by atoms with Gasteiger partial charge >= 0.3 is 0 Å². The monoisotopic (exact) mass is 278 g/mol. The summed E-state index contributed by atoms with van der Waals surface area (Å²) in [4.78, 5) is 15.1. The molecule has 6 heteroatoms. The number of piperidine rings is 1. The third-order valence-electron chi connectivity index (χ3n) is 3.96. The summed E-state index contributed by atoms with van der Waals surface area (Å²) >= 11 is 0. The highest BCUT2D eigenvalue weighted by Gasteiger charge is 2.22. The molecule has 0 spiro atoms. The third kappa shape index (κ3) is 3.19. The normalized spacial score (nSPS) is 19.6. The maximum atomic E-state index is 11.0. The van der Waals surface area contributed by atoms with E-state index in [4.69, 9.17) is 0 Å². The van der Waals surface area contributed by atoms with Gasteiger partial charge in [-0.3, -0.25) is 10.1 Å². The van der Waals surface area contributed by atoms with Crippen molar-refractivity contribution in [2.24, 2.45) is 0 Å². The Morgan fingerprint density at radius 3 is 2.80 bits per heavy atom. The second-order valence-corrected chi connectivity index (χ2v) is 5.41. The smallest absolute Gasteiger partial charge is 0.273 e. The van der Waals surface area contributed by atoms with Gasteiger partial charge < -0.3 is 15.1 Å². The molecule has 0 saturated carbocycles. The van der Waals surface area contributed by atoms with Crippen LogP contribution in [0.4, 0.5) is 17.1 Å². The molecule has 0 aliphatic carbocycles. The summed E-state index contributed by atoms with van der Waals surface area (Å²) in [7, 11) is 5.91. The summed E-state index contributed by atoms with van der Waals surface area (Å²) in [6.45, 7) is 2.12. The molecule has 6 nitrogen and oxygen atoms in total. The van der Waals surface area contributed by atoms with Crippen molar-refractivity contribution in [3.63, 3.8) is 0 Å². The molecule has 0 aromatic heterocycles. The van der Waals surface area contributed by atoms with Gasteiger partial charge in [0.1, 0.15) is 0 Å². The summed E-state index contributed by atoms with van der Waals surface area (Å²) < 4.78 is 0. The van der Waals surface area contributed by atoms with E-state index in [0.29, 0.717) is 6.04 Å². The molecule has 1 heterocycles. The van der Waals surface area contributed by atoms with Gasteiger partial charge in [-0.2, -0.15) is 0 Å². The number of hydrogen-bond acceptors (Lipinski definition) is 5. The Morgan fingerprint density at radius 2 is 2.20 bits per heavy atom. The van der Waals surface area contributed by atoms with E-state index < -0.39 is 0 Å². The minimum Gasteiger partial charge on any atom is -0.388 e. The summed E-state index contributed by atoms with van der Waals surface area (Å²) in [5.41, 5.74) is 1.79. The van der Waals surface area contributed by atoms with Crippen LogP contribution in [0.1, 0.15) is 12.8 Å². The van der Waals surface area contributed by atoms with Gasteiger partial charge in [0.05, 0.1) is 4.92 Å². The molecule has 1 aliphatic heterocycles. The zero-order chi connectivity index (χ0) is 14.7. The molecule has 2 rings (SSSR count). The van der Waals surface area contributed by atoms with Crippen molar-refractivity contribution in [2.75, 3.05) is 44.4 Å². The largest absolute Gasteiger partial charge is 0.388 e. The Labute approximate surface area is 119 Å². The van der Waals surface area contributed by atoms with Gasteiger partial charge in [0.25, 0.3) is 5.69 Å². The lowest BCUT2D eigenvalue weighted by Gasteiger charge is -2.37. The van der Waals surface area contributed by atoms with Crippen LogP contribution in [0.3, 0.4) is 0 Å². The number of anilines is 2. The average molecular weight is 278 g/mol.